The maximum absolute atomic E-state index is 12.6. The molecular weight excluding hydrogens is 284 g/mol. The summed E-state index contributed by atoms with van der Waals surface area (Å²) in [5, 5.41) is 3.99. The maximum Gasteiger partial charge on any atom is 0.257 e. The van der Waals surface area contributed by atoms with Crippen LogP contribution in [0.15, 0.2) is 60.8 Å². The van der Waals surface area contributed by atoms with Crippen LogP contribution in [0.4, 0.5) is 5.69 Å². The molecule has 0 unspecified atom stereocenters. The average Bonchev–Trinajstić information content (AvgIpc) is 2.95. The van der Waals surface area contributed by atoms with Crippen molar-refractivity contribution in [3.63, 3.8) is 0 Å². The Labute approximate surface area is 136 Å². The molecule has 1 aromatic heterocycles. The molecule has 2 aromatic carbocycles. The van der Waals surface area contributed by atoms with Gasteiger partial charge in [-0.15, -0.1) is 0 Å². The summed E-state index contributed by atoms with van der Waals surface area (Å²) in [6.07, 6.45) is 5.52. The minimum Gasteiger partial charge on any atom is -0.347 e. The van der Waals surface area contributed by atoms with E-state index in [0.717, 1.165) is 35.1 Å². The molecule has 3 aromatic rings. The zero-order valence-corrected chi connectivity index (χ0v) is 13.5. The molecule has 0 saturated carbocycles. The molecule has 0 bridgehead atoms. The molecule has 1 amide bonds. The highest BCUT2D eigenvalue weighted by molar-refractivity contribution is 6.12. The van der Waals surface area contributed by atoms with Gasteiger partial charge in [0.1, 0.15) is 0 Å². The van der Waals surface area contributed by atoms with E-state index in [-0.39, 0.29) is 5.91 Å². The summed E-state index contributed by atoms with van der Waals surface area (Å²) in [5.41, 5.74) is 2.68. The van der Waals surface area contributed by atoms with Gasteiger partial charge in [-0.1, -0.05) is 56.2 Å². The number of unbranched alkanes of at least 4 members (excludes halogenated alkanes) is 2. The lowest BCUT2D eigenvalue weighted by Crippen LogP contribution is -2.11. The standard InChI is InChI=1S/C20H22N2O/c1-2-3-9-14-22-15-18(17-12-7-8-13-19(17)22)20(23)21-16-10-5-4-6-11-16/h4-8,10-13,15H,2-3,9,14H2,1H3,(H,21,23). The van der Waals surface area contributed by atoms with Gasteiger partial charge >= 0.3 is 0 Å². The minimum atomic E-state index is -0.0540. The largest absolute Gasteiger partial charge is 0.347 e. The topological polar surface area (TPSA) is 34.0 Å². The molecule has 23 heavy (non-hydrogen) atoms. The molecule has 3 nitrogen and oxygen atoms in total. The number of hydrogen-bond donors (Lipinski definition) is 1. The van der Waals surface area contributed by atoms with Gasteiger partial charge in [-0.25, -0.2) is 0 Å². The van der Waals surface area contributed by atoms with E-state index in [2.05, 4.69) is 22.9 Å². The molecule has 0 aliphatic carbocycles. The lowest BCUT2D eigenvalue weighted by molar-refractivity contribution is 0.102. The van der Waals surface area contributed by atoms with E-state index in [4.69, 9.17) is 0 Å². The fraction of sp³-hybridized carbons (Fsp3) is 0.250. The molecular formula is C20H22N2O. The normalized spacial score (nSPS) is 10.8. The van der Waals surface area contributed by atoms with Crippen LogP contribution in [0.25, 0.3) is 10.9 Å². The van der Waals surface area contributed by atoms with Crippen LogP contribution in [0.2, 0.25) is 0 Å². The van der Waals surface area contributed by atoms with E-state index in [9.17, 15) is 4.79 Å². The number of para-hydroxylation sites is 2. The Balaban J connectivity index is 1.89. The first-order chi connectivity index (χ1) is 11.3. The summed E-state index contributed by atoms with van der Waals surface area (Å²) in [4.78, 5) is 12.6. The third-order valence-corrected chi connectivity index (χ3v) is 4.07. The van der Waals surface area contributed by atoms with Crippen LogP contribution in [0.3, 0.4) is 0 Å². The molecule has 0 fully saturated rings. The summed E-state index contributed by atoms with van der Waals surface area (Å²) < 4.78 is 2.20. The number of nitrogens with zero attached hydrogens (tertiary/aromatic N) is 1. The Morgan fingerprint density at radius 1 is 1.00 bits per heavy atom. The summed E-state index contributed by atoms with van der Waals surface area (Å²) in [5.74, 6) is -0.0540. The molecule has 1 N–H and O–H groups in total. The lowest BCUT2D eigenvalue weighted by Gasteiger charge is -2.04. The van der Waals surface area contributed by atoms with Crippen molar-refractivity contribution >= 4 is 22.5 Å². The van der Waals surface area contributed by atoms with E-state index < -0.39 is 0 Å². The number of rotatable bonds is 6. The van der Waals surface area contributed by atoms with Crippen LogP contribution < -0.4 is 5.32 Å². The van der Waals surface area contributed by atoms with Gasteiger partial charge in [0.15, 0.2) is 0 Å². The highest BCUT2D eigenvalue weighted by atomic mass is 16.1. The molecule has 0 radical (unpaired) electrons. The Bertz CT molecular complexity index is 790. The van der Waals surface area contributed by atoms with Crippen molar-refractivity contribution in [1.29, 1.82) is 0 Å². The number of benzene rings is 2. The van der Waals surface area contributed by atoms with Gasteiger partial charge in [-0.05, 0) is 24.6 Å². The molecule has 0 atom stereocenters. The Morgan fingerprint density at radius 3 is 2.52 bits per heavy atom. The van der Waals surface area contributed by atoms with Crippen molar-refractivity contribution in [1.82, 2.24) is 4.57 Å². The number of carbonyl (C=O) groups is 1. The molecule has 0 aliphatic rings. The van der Waals surface area contributed by atoms with E-state index in [0.29, 0.717) is 0 Å². The summed E-state index contributed by atoms with van der Waals surface area (Å²) >= 11 is 0. The summed E-state index contributed by atoms with van der Waals surface area (Å²) in [7, 11) is 0. The fourth-order valence-electron chi connectivity index (χ4n) is 2.86. The van der Waals surface area contributed by atoms with Gasteiger partial charge in [-0.2, -0.15) is 0 Å². The second kappa shape index (κ2) is 7.14. The SMILES string of the molecule is CCCCCn1cc(C(=O)Nc2ccccc2)c2ccccc21. The van der Waals surface area contributed by atoms with E-state index >= 15 is 0 Å². The Hall–Kier alpha value is -2.55. The van der Waals surface area contributed by atoms with Crippen LogP contribution in [-0.4, -0.2) is 10.5 Å². The summed E-state index contributed by atoms with van der Waals surface area (Å²) in [6, 6.07) is 17.7. The zero-order chi connectivity index (χ0) is 16.1. The second-order valence-electron chi connectivity index (χ2n) is 5.78. The van der Waals surface area contributed by atoms with Crippen molar-refractivity contribution in [3.05, 3.63) is 66.4 Å². The predicted molar refractivity (Wildman–Crippen MR) is 95.9 cm³/mol. The molecule has 0 saturated heterocycles. The highest BCUT2D eigenvalue weighted by Crippen LogP contribution is 2.23. The monoisotopic (exact) mass is 306 g/mol. The van der Waals surface area contributed by atoms with Crippen LogP contribution >= 0.6 is 0 Å². The maximum atomic E-state index is 12.6. The molecule has 1 heterocycles. The predicted octanol–water partition coefficient (Wildman–Crippen LogP) is 5.08. The molecule has 3 rings (SSSR count). The number of fused-ring (bicyclic) bond motifs is 1. The Morgan fingerprint density at radius 2 is 1.74 bits per heavy atom. The first-order valence-electron chi connectivity index (χ1n) is 8.24. The number of amides is 1. The summed E-state index contributed by atoms with van der Waals surface area (Å²) in [6.45, 7) is 3.15. The minimum absolute atomic E-state index is 0.0540. The zero-order valence-electron chi connectivity index (χ0n) is 13.5. The van der Waals surface area contributed by atoms with Crippen LogP contribution in [0.5, 0.6) is 0 Å². The Kier molecular flexibility index (Phi) is 4.77. The van der Waals surface area contributed by atoms with Gasteiger partial charge in [-0.3, -0.25) is 4.79 Å². The number of anilines is 1. The van der Waals surface area contributed by atoms with E-state index in [1.807, 2.05) is 54.7 Å². The molecule has 118 valence electrons. The third-order valence-electron chi connectivity index (χ3n) is 4.07. The third kappa shape index (κ3) is 3.45. The average molecular weight is 306 g/mol. The van der Waals surface area contributed by atoms with Gasteiger partial charge in [0, 0.05) is 29.3 Å². The second-order valence-corrected chi connectivity index (χ2v) is 5.78. The van der Waals surface area contributed by atoms with Gasteiger partial charge in [0.05, 0.1) is 5.56 Å². The van der Waals surface area contributed by atoms with Crippen molar-refractivity contribution in [2.75, 3.05) is 5.32 Å². The van der Waals surface area contributed by atoms with Crippen molar-refractivity contribution in [3.8, 4) is 0 Å². The highest BCUT2D eigenvalue weighted by Gasteiger charge is 2.14. The number of aromatic nitrogens is 1. The van der Waals surface area contributed by atoms with E-state index in [1.54, 1.807) is 0 Å². The first kappa shape index (κ1) is 15.3. The van der Waals surface area contributed by atoms with Gasteiger partial charge in [0.25, 0.3) is 5.91 Å². The number of hydrogen-bond acceptors (Lipinski definition) is 1. The van der Waals surface area contributed by atoms with Crippen molar-refractivity contribution in [2.45, 2.75) is 32.7 Å². The smallest absolute Gasteiger partial charge is 0.257 e. The van der Waals surface area contributed by atoms with Gasteiger partial charge < -0.3 is 9.88 Å². The van der Waals surface area contributed by atoms with E-state index in [1.165, 1.54) is 12.8 Å². The molecule has 0 spiro atoms. The van der Waals surface area contributed by atoms with Crippen molar-refractivity contribution < 1.29 is 4.79 Å². The number of nitrogens with one attached hydrogen (secondary N) is 1. The van der Waals surface area contributed by atoms with Crippen LogP contribution in [0, 0.1) is 0 Å². The fourth-order valence-corrected chi connectivity index (χ4v) is 2.86. The first-order valence-corrected chi connectivity index (χ1v) is 8.24. The van der Waals surface area contributed by atoms with Crippen LogP contribution in [-0.2, 0) is 6.54 Å². The van der Waals surface area contributed by atoms with Gasteiger partial charge in [0.2, 0.25) is 0 Å². The lowest BCUT2D eigenvalue weighted by atomic mass is 10.1. The molecule has 0 aliphatic heterocycles. The van der Waals surface area contributed by atoms with Crippen LogP contribution in [0.1, 0.15) is 36.5 Å². The number of carbonyl (C=O) groups excluding carboxylic acids is 1. The number of aryl methyl sites for hydroxylation is 1. The quantitative estimate of drug-likeness (QED) is 0.633. The van der Waals surface area contributed by atoms with Crippen molar-refractivity contribution in [2.24, 2.45) is 0 Å². The molecule has 3 heteroatoms.